The topological polar surface area (TPSA) is 185 Å². The van der Waals surface area contributed by atoms with Crippen LogP contribution in [0.15, 0.2) is 84.9 Å². The van der Waals surface area contributed by atoms with Crippen LogP contribution < -0.4 is 15.4 Å². The highest BCUT2D eigenvalue weighted by Crippen LogP contribution is 2.20. The van der Waals surface area contributed by atoms with Crippen LogP contribution in [0.1, 0.15) is 51.8 Å². The van der Waals surface area contributed by atoms with Gasteiger partial charge in [-0.2, -0.15) is 9.97 Å². The lowest BCUT2D eigenvalue weighted by Crippen LogP contribution is -2.18. The maximum atomic E-state index is 12.7. The van der Waals surface area contributed by atoms with Crippen molar-refractivity contribution in [3.63, 3.8) is 0 Å². The van der Waals surface area contributed by atoms with E-state index in [9.17, 15) is 24.0 Å². The maximum Gasteiger partial charge on any atom is 0.344 e. The van der Waals surface area contributed by atoms with Crippen LogP contribution in [-0.4, -0.2) is 49.9 Å². The number of benzene rings is 3. The molecule has 0 unspecified atom stereocenters. The van der Waals surface area contributed by atoms with Gasteiger partial charge in [0.1, 0.15) is 5.82 Å². The van der Waals surface area contributed by atoms with Gasteiger partial charge in [0.05, 0.1) is 16.7 Å². The average molecular weight is 526 g/mol. The maximum absolute atomic E-state index is 12.7. The van der Waals surface area contributed by atoms with Crippen LogP contribution in [0.25, 0.3) is 0 Å². The molecule has 0 radical (unpaired) electrons. The van der Waals surface area contributed by atoms with E-state index in [0.29, 0.717) is 0 Å². The number of aromatic nitrogens is 2. The molecule has 0 saturated heterocycles. The van der Waals surface area contributed by atoms with Gasteiger partial charge in [0.25, 0.3) is 11.8 Å². The molecule has 4 N–H and O–H groups in total. The molecular formula is C27H18N4O8. The third-order valence-electron chi connectivity index (χ3n) is 5.16. The Labute approximate surface area is 219 Å². The van der Waals surface area contributed by atoms with Crippen LogP contribution in [0.5, 0.6) is 5.88 Å². The minimum Gasteiger partial charge on any atom is -0.478 e. The van der Waals surface area contributed by atoms with Gasteiger partial charge in [-0.3, -0.25) is 14.9 Å². The number of nitrogens with one attached hydrogen (secondary N) is 2. The fraction of sp³-hybridized carbons (Fsp3) is 0. The van der Waals surface area contributed by atoms with Crippen LogP contribution in [0.3, 0.4) is 0 Å². The Balaban J connectivity index is 1.60. The summed E-state index contributed by atoms with van der Waals surface area (Å²) in [4.78, 5) is 68.2. The number of anilines is 2. The first-order valence-corrected chi connectivity index (χ1v) is 11.2. The van der Waals surface area contributed by atoms with E-state index in [1.807, 2.05) is 0 Å². The minimum atomic E-state index is -1.16. The first-order chi connectivity index (χ1) is 18.7. The van der Waals surface area contributed by atoms with Gasteiger partial charge >= 0.3 is 17.9 Å². The number of hydrogen-bond donors (Lipinski definition) is 4. The number of esters is 1. The van der Waals surface area contributed by atoms with E-state index in [1.165, 1.54) is 66.7 Å². The van der Waals surface area contributed by atoms with Crippen LogP contribution in [0, 0.1) is 0 Å². The van der Waals surface area contributed by atoms with E-state index in [2.05, 4.69) is 20.6 Å². The normalized spacial score (nSPS) is 10.3. The summed E-state index contributed by atoms with van der Waals surface area (Å²) in [6.45, 7) is 0. The molecule has 0 aliphatic carbocycles. The highest BCUT2D eigenvalue weighted by atomic mass is 16.5. The zero-order chi connectivity index (χ0) is 27.9. The highest BCUT2D eigenvalue weighted by Gasteiger charge is 2.17. The second kappa shape index (κ2) is 11.4. The standard InChI is InChI=1S/C27H18N4O8/c32-22(15-6-10-17(11-7-15)24(34)35)28-20-14-21(39-26(38)19-4-2-1-3-5-19)30-27(29-20)31-23(33)16-8-12-18(13-9-16)25(36)37/h1-14H,(H,34,35)(H,36,37)(H2,28,29,30,31,32,33). The Kier molecular flexibility index (Phi) is 7.67. The molecule has 194 valence electrons. The molecule has 2 amide bonds. The summed E-state index contributed by atoms with van der Waals surface area (Å²) in [7, 11) is 0. The molecule has 1 heterocycles. The van der Waals surface area contributed by atoms with E-state index in [4.69, 9.17) is 14.9 Å². The smallest absolute Gasteiger partial charge is 0.344 e. The zero-order valence-corrected chi connectivity index (χ0v) is 19.8. The van der Waals surface area contributed by atoms with Gasteiger partial charge in [-0.15, -0.1) is 0 Å². The largest absolute Gasteiger partial charge is 0.478 e. The van der Waals surface area contributed by atoms with Crippen molar-refractivity contribution >= 4 is 41.5 Å². The quantitative estimate of drug-likeness (QED) is 0.247. The summed E-state index contributed by atoms with van der Waals surface area (Å²) in [5.74, 6) is -5.16. The van der Waals surface area contributed by atoms with Crippen molar-refractivity contribution in [2.24, 2.45) is 0 Å². The van der Waals surface area contributed by atoms with Crippen molar-refractivity contribution in [2.75, 3.05) is 10.6 Å². The molecule has 0 atom stereocenters. The first-order valence-electron chi connectivity index (χ1n) is 11.2. The van der Waals surface area contributed by atoms with Crippen molar-refractivity contribution < 1.29 is 38.9 Å². The monoisotopic (exact) mass is 526 g/mol. The van der Waals surface area contributed by atoms with Crippen LogP contribution in [-0.2, 0) is 0 Å². The van der Waals surface area contributed by atoms with Crippen molar-refractivity contribution in [1.29, 1.82) is 0 Å². The molecule has 39 heavy (non-hydrogen) atoms. The van der Waals surface area contributed by atoms with Crippen molar-refractivity contribution in [1.82, 2.24) is 9.97 Å². The number of carbonyl (C=O) groups is 5. The lowest BCUT2D eigenvalue weighted by atomic mass is 10.1. The van der Waals surface area contributed by atoms with E-state index >= 15 is 0 Å². The van der Waals surface area contributed by atoms with Crippen molar-refractivity contribution in [3.05, 3.63) is 113 Å². The molecule has 1 aromatic heterocycles. The van der Waals surface area contributed by atoms with Gasteiger partial charge < -0.3 is 20.3 Å². The fourth-order valence-corrected chi connectivity index (χ4v) is 3.22. The summed E-state index contributed by atoms with van der Waals surface area (Å²) < 4.78 is 5.32. The Hall–Kier alpha value is -5.91. The zero-order valence-electron chi connectivity index (χ0n) is 19.8. The van der Waals surface area contributed by atoms with Crippen molar-refractivity contribution in [2.45, 2.75) is 0 Å². The van der Waals surface area contributed by atoms with Gasteiger partial charge in [-0.25, -0.2) is 14.4 Å². The van der Waals surface area contributed by atoms with Gasteiger partial charge in [0.2, 0.25) is 11.8 Å². The number of carboxylic acid groups (broad SMARTS) is 2. The van der Waals surface area contributed by atoms with E-state index in [1.54, 1.807) is 18.2 Å². The molecule has 12 heteroatoms. The lowest BCUT2D eigenvalue weighted by molar-refractivity contribution is 0.0686. The minimum absolute atomic E-state index is 0.00918. The molecule has 12 nitrogen and oxygen atoms in total. The van der Waals surface area contributed by atoms with Gasteiger partial charge in [-0.05, 0) is 60.7 Å². The average Bonchev–Trinajstić information content (AvgIpc) is 2.93. The second-order valence-electron chi connectivity index (χ2n) is 7.84. The Bertz CT molecular complexity index is 1480. The molecule has 4 rings (SSSR count). The number of nitrogens with zero attached hydrogens (tertiary/aromatic N) is 2. The Morgan fingerprint density at radius 2 is 1.08 bits per heavy atom. The molecule has 0 aliphatic rings. The number of ether oxygens (including phenoxy) is 1. The highest BCUT2D eigenvalue weighted by molar-refractivity contribution is 6.05. The molecular weight excluding hydrogens is 508 g/mol. The Morgan fingerprint density at radius 1 is 0.590 bits per heavy atom. The van der Waals surface area contributed by atoms with Gasteiger partial charge in [0, 0.05) is 17.2 Å². The molecule has 3 aromatic carbocycles. The molecule has 0 aliphatic heterocycles. The van der Waals surface area contributed by atoms with E-state index < -0.39 is 29.7 Å². The second-order valence-corrected chi connectivity index (χ2v) is 7.84. The first kappa shape index (κ1) is 26.2. The van der Waals surface area contributed by atoms with Crippen LogP contribution in [0.4, 0.5) is 11.8 Å². The number of amides is 2. The van der Waals surface area contributed by atoms with Gasteiger partial charge in [0.15, 0.2) is 0 Å². The number of rotatable bonds is 8. The number of aromatic carboxylic acids is 2. The molecule has 4 aromatic rings. The van der Waals surface area contributed by atoms with E-state index in [-0.39, 0.29) is 45.5 Å². The summed E-state index contributed by atoms with van der Waals surface area (Å²) in [6, 6.07) is 19.4. The molecule has 0 spiro atoms. The molecule has 0 bridgehead atoms. The number of hydrogen-bond acceptors (Lipinski definition) is 8. The summed E-state index contributed by atoms with van der Waals surface area (Å²) >= 11 is 0. The summed E-state index contributed by atoms with van der Waals surface area (Å²) in [6.07, 6.45) is 0. The Morgan fingerprint density at radius 3 is 1.59 bits per heavy atom. The molecule has 0 fully saturated rings. The molecule has 0 saturated carbocycles. The number of carboxylic acids is 2. The third kappa shape index (κ3) is 6.65. The SMILES string of the molecule is O=C(O)c1ccc(C(=O)Nc2cc(OC(=O)c3ccccc3)nc(NC(=O)c3ccc(C(=O)O)cc3)n2)cc1. The van der Waals surface area contributed by atoms with Crippen LogP contribution in [0.2, 0.25) is 0 Å². The van der Waals surface area contributed by atoms with Crippen LogP contribution >= 0.6 is 0 Å². The third-order valence-corrected chi connectivity index (χ3v) is 5.16. The fourth-order valence-electron chi connectivity index (χ4n) is 3.22. The predicted octanol–water partition coefficient (Wildman–Crippen LogP) is 3.60. The lowest BCUT2D eigenvalue weighted by Gasteiger charge is -2.11. The van der Waals surface area contributed by atoms with Crippen molar-refractivity contribution in [3.8, 4) is 5.88 Å². The van der Waals surface area contributed by atoms with E-state index in [0.717, 1.165) is 0 Å². The summed E-state index contributed by atoms with van der Waals surface area (Å²) in [5, 5.41) is 23.0. The predicted molar refractivity (Wildman–Crippen MR) is 136 cm³/mol. The van der Waals surface area contributed by atoms with Gasteiger partial charge in [-0.1, -0.05) is 18.2 Å². The summed E-state index contributed by atoms with van der Waals surface area (Å²) in [5.41, 5.74) is 0.415. The number of carbonyl (C=O) groups excluding carboxylic acids is 3.